The number of hydrogen-bond donors (Lipinski definition) is 0. The molecular formula is C13H13ClN4. The van der Waals surface area contributed by atoms with Crippen molar-refractivity contribution in [2.24, 2.45) is 0 Å². The summed E-state index contributed by atoms with van der Waals surface area (Å²) in [5, 5.41) is 4.20. The van der Waals surface area contributed by atoms with E-state index in [2.05, 4.69) is 20.7 Å². The molecule has 18 heavy (non-hydrogen) atoms. The molecule has 0 aliphatic carbocycles. The zero-order valence-electron chi connectivity index (χ0n) is 9.83. The van der Waals surface area contributed by atoms with Crippen molar-refractivity contribution in [3.05, 3.63) is 48.5 Å². The van der Waals surface area contributed by atoms with E-state index in [-0.39, 0.29) is 0 Å². The number of imidazole rings is 1. The van der Waals surface area contributed by atoms with Crippen LogP contribution in [0.3, 0.4) is 0 Å². The molecule has 0 radical (unpaired) electrons. The molecule has 2 aromatic heterocycles. The topological polar surface area (TPSA) is 35.6 Å². The number of aryl methyl sites for hydroxylation is 2. The first kappa shape index (κ1) is 11.3. The molecule has 0 spiro atoms. The number of rotatable bonds is 4. The van der Waals surface area contributed by atoms with Gasteiger partial charge in [0.1, 0.15) is 5.82 Å². The Kier molecular flexibility index (Phi) is 3.02. The largest absolute Gasteiger partial charge is 0.325 e. The fraction of sp³-hybridized carbons (Fsp3) is 0.231. The highest BCUT2D eigenvalue weighted by molar-refractivity contribution is 6.16. The lowest BCUT2D eigenvalue weighted by molar-refractivity contribution is 0.533. The minimum Gasteiger partial charge on any atom is -0.325 e. The summed E-state index contributed by atoms with van der Waals surface area (Å²) in [5.41, 5.74) is 2.12. The second-order valence-electron chi connectivity index (χ2n) is 4.07. The standard InChI is InChI=1S/C13H13ClN4/c14-10-13-16-11-4-1-2-5-12(11)18(13)9-8-17-7-3-6-15-17/h1-7H,8-10H2. The lowest BCUT2D eigenvalue weighted by Crippen LogP contribution is -2.09. The van der Waals surface area contributed by atoms with Crippen LogP contribution in [0, 0.1) is 0 Å². The molecule has 0 saturated heterocycles. The van der Waals surface area contributed by atoms with Gasteiger partial charge >= 0.3 is 0 Å². The average Bonchev–Trinajstić information content (AvgIpc) is 3.03. The summed E-state index contributed by atoms with van der Waals surface area (Å²) in [4.78, 5) is 4.53. The van der Waals surface area contributed by atoms with Crippen molar-refractivity contribution >= 4 is 22.6 Å². The van der Waals surface area contributed by atoms with Crippen molar-refractivity contribution in [2.75, 3.05) is 0 Å². The third-order valence-electron chi connectivity index (χ3n) is 2.97. The molecular weight excluding hydrogens is 248 g/mol. The van der Waals surface area contributed by atoms with Crippen molar-refractivity contribution < 1.29 is 0 Å². The quantitative estimate of drug-likeness (QED) is 0.676. The first-order valence-corrected chi connectivity index (χ1v) is 6.39. The average molecular weight is 261 g/mol. The van der Waals surface area contributed by atoms with Crippen molar-refractivity contribution in [3.8, 4) is 0 Å². The molecule has 0 atom stereocenters. The van der Waals surface area contributed by atoms with Gasteiger partial charge in [-0.2, -0.15) is 5.10 Å². The van der Waals surface area contributed by atoms with Gasteiger partial charge in [-0.15, -0.1) is 11.6 Å². The molecule has 0 fully saturated rings. The molecule has 1 aromatic carbocycles. The first-order valence-electron chi connectivity index (χ1n) is 5.86. The smallest absolute Gasteiger partial charge is 0.124 e. The first-order chi connectivity index (χ1) is 8.88. The number of hydrogen-bond acceptors (Lipinski definition) is 2. The summed E-state index contributed by atoms with van der Waals surface area (Å²) in [5.74, 6) is 1.33. The summed E-state index contributed by atoms with van der Waals surface area (Å²) in [6, 6.07) is 10.0. The van der Waals surface area contributed by atoms with Crippen LogP contribution in [0.2, 0.25) is 0 Å². The molecule has 4 nitrogen and oxygen atoms in total. The van der Waals surface area contributed by atoms with E-state index in [4.69, 9.17) is 11.6 Å². The number of fused-ring (bicyclic) bond motifs is 1. The highest BCUT2D eigenvalue weighted by atomic mass is 35.5. The third-order valence-corrected chi connectivity index (χ3v) is 3.20. The fourth-order valence-corrected chi connectivity index (χ4v) is 2.32. The number of halogens is 1. The van der Waals surface area contributed by atoms with Gasteiger partial charge in [0, 0.05) is 18.9 Å². The molecule has 2 heterocycles. The maximum Gasteiger partial charge on any atom is 0.124 e. The molecule has 3 aromatic rings. The third kappa shape index (κ3) is 1.99. The summed E-state index contributed by atoms with van der Waals surface area (Å²) in [6.07, 6.45) is 3.74. The van der Waals surface area contributed by atoms with Crippen LogP contribution < -0.4 is 0 Å². The Balaban J connectivity index is 1.94. The minimum atomic E-state index is 0.424. The Morgan fingerprint density at radius 3 is 2.78 bits per heavy atom. The molecule has 0 aliphatic rings. The van der Waals surface area contributed by atoms with Crippen LogP contribution in [0.4, 0.5) is 0 Å². The van der Waals surface area contributed by atoms with Crippen LogP contribution in [0.15, 0.2) is 42.7 Å². The van der Waals surface area contributed by atoms with Gasteiger partial charge in [0.2, 0.25) is 0 Å². The SMILES string of the molecule is ClCc1nc2ccccc2n1CCn1cccn1. The molecule has 5 heteroatoms. The zero-order valence-corrected chi connectivity index (χ0v) is 10.6. The summed E-state index contributed by atoms with van der Waals surface area (Å²) < 4.78 is 4.07. The molecule has 0 aliphatic heterocycles. The van der Waals surface area contributed by atoms with E-state index in [0.29, 0.717) is 5.88 Å². The van der Waals surface area contributed by atoms with Crippen LogP contribution in [-0.4, -0.2) is 19.3 Å². The molecule has 0 bridgehead atoms. The predicted octanol–water partition coefficient (Wildman–Crippen LogP) is 2.67. The molecule has 0 saturated carbocycles. The Hall–Kier alpha value is -1.81. The Morgan fingerprint density at radius 2 is 2.00 bits per heavy atom. The van der Waals surface area contributed by atoms with Crippen molar-refractivity contribution in [1.82, 2.24) is 19.3 Å². The van der Waals surface area contributed by atoms with E-state index in [1.807, 2.05) is 35.1 Å². The number of nitrogens with zero attached hydrogens (tertiary/aromatic N) is 4. The van der Waals surface area contributed by atoms with Crippen molar-refractivity contribution in [1.29, 1.82) is 0 Å². The maximum atomic E-state index is 5.96. The number of para-hydroxylation sites is 2. The van der Waals surface area contributed by atoms with E-state index in [1.54, 1.807) is 6.20 Å². The molecule has 3 rings (SSSR count). The van der Waals surface area contributed by atoms with Gasteiger partial charge in [-0.1, -0.05) is 12.1 Å². The highest BCUT2D eigenvalue weighted by Crippen LogP contribution is 2.17. The van der Waals surface area contributed by atoms with Crippen molar-refractivity contribution in [2.45, 2.75) is 19.0 Å². The van der Waals surface area contributed by atoms with Gasteiger partial charge < -0.3 is 4.57 Å². The lowest BCUT2D eigenvalue weighted by atomic mass is 10.3. The van der Waals surface area contributed by atoms with Gasteiger partial charge in [0.15, 0.2) is 0 Å². The minimum absolute atomic E-state index is 0.424. The van der Waals surface area contributed by atoms with Crippen LogP contribution in [0.25, 0.3) is 11.0 Å². The van der Waals surface area contributed by atoms with E-state index in [9.17, 15) is 0 Å². The molecule has 0 unspecified atom stereocenters. The van der Waals surface area contributed by atoms with Crippen LogP contribution in [0.5, 0.6) is 0 Å². The summed E-state index contributed by atoms with van der Waals surface area (Å²) >= 11 is 5.96. The van der Waals surface area contributed by atoms with E-state index < -0.39 is 0 Å². The van der Waals surface area contributed by atoms with Gasteiger partial charge in [-0.05, 0) is 18.2 Å². The summed E-state index contributed by atoms with van der Waals surface area (Å²) in [6.45, 7) is 1.64. The monoisotopic (exact) mass is 260 g/mol. The second kappa shape index (κ2) is 4.82. The highest BCUT2D eigenvalue weighted by Gasteiger charge is 2.08. The van der Waals surface area contributed by atoms with E-state index in [0.717, 1.165) is 29.9 Å². The van der Waals surface area contributed by atoms with Crippen molar-refractivity contribution in [3.63, 3.8) is 0 Å². The second-order valence-corrected chi connectivity index (χ2v) is 4.34. The maximum absolute atomic E-state index is 5.96. The molecule has 0 N–H and O–H groups in total. The zero-order chi connectivity index (χ0) is 12.4. The van der Waals surface area contributed by atoms with Gasteiger partial charge in [0.05, 0.1) is 23.5 Å². The van der Waals surface area contributed by atoms with E-state index >= 15 is 0 Å². The van der Waals surface area contributed by atoms with Crippen LogP contribution in [-0.2, 0) is 19.0 Å². The van der Waals surface area contributed by atoms with E-state index in [1.165, 1.54) is 0 Å². The molecule has 92 valence electrons. The fourth-order valence-electron chi connectivity index (χ4n) is 2.11. The number of alkyl halides is 1. The summed E-state index contributed by atoms with van der Waals surface area (Å²) in [7, 11) is 0. The number of benzene rings is 1. The van der Waals surface area contributed by atoms with Gasteiger partial charge in [0.25, 0.3) is 0 Å². The van der Waals surface area contributed by atoms with Crippen LogP contribution >= 0.6 is 11.6 Å². The van der Waals surface area contributed by atoms with Gasteiger partial charge in [-0.3, -0.25) is 4.68 Å². The van der Waals surface area contributed by atoms with Crippen LogP contribution in [0.1, 0.15) is 5.82 Å². The Labute approximate surface area is 110 Å². The number of aromatic nitrogens is 4. The molecule has 0 amide bonds. The normalized spacial score (nSPS) is 11.2. The predicted molar refractivity (Wildman–Crippen MR) is 71.5 cm³/mol. The Bertz CT molecular complexity index is 642. The Morgan fingerprint density at radius 1 is 1.11 bits per heavy atom. The van der Waals surface area contributed by atoms with Gasteiger partial charge in [-0.25, -0.2) is 4.98 Å². The lowest BCUT2D eigenvalue weighted by Gasteiger charge is -2.07.